The number of urea groups is 1. The summed E-state index contributed by atoms with van der Waals surface area (Å²) in [6.07, 6.45) is 0.111. The Hall–Kier alpha value is -3.86. The zero-order valence-electron chi connectivity index (χ0n) is 22.6. The lowest BCUT2D eigenvalue weighted by molar-refractivity contribution is -0.135. The standard InChI is InChI=1S/C30H35N5O4S/c1-30(2,31)17-26(37)34-27-28(38)35(19-22-7-3-6-10-25(22)40-27)18-20-11-13-21(14-12-20)23-8-4-5-9-24(23)33-29(39)32-15-16-36/h3-14,27,36H,15-19,31H2,1-2H3,(H,34,37)(H2,32,33,39)/t27-/m1/s1. The second-order valence-electron chi connectivity index (χ2n) is 10.4. The first-order valence-electron chi connectivity index (χ1n) is 13.1. The summed E-state index contributed by atoms with van der Waals surface area (Å²) >= 11 is 1.35. The third kappa shape index (κ3) is 7.84. The van der Waals surface area contributed by atoms with Gasteiger partial charge >= 0.3 is 6.03 Å². The van der Waals surface area contributed by atoms with Crippen LogP contribution in [0, 0.1) is 0 Å². The number of nitrogens with two attached hydrogens (primary N) is 1. The molecule has 0 aliphatic carbocycles. The fourth-order valence-electron chi connectivity index (χ4n) is 4.40. The van der Waals surface area contributed by atoms with Crippen LogP contribution in [0.3, 0.4) is 0 Å². The average Bonchev–Trinajstić information content (AvgIpc) is 3.03. The molecular formula is C30H35N5O4S. The Kier molecular flexibility index (Phi) is 9.46. The van der Waals surface area contributed by atoms with Gasteiger partial charge in [0, 0.05) is 42.1 Å². The van der Waals surface area contributed by atoms with Crippen molar-refractivity contribution < 1.29 is 19.5 Å². The van der Waals surface area contributed by atoms with Gasteiger partial charge in [0.2, 0.25) is 5.91 Å². The molecule has 3 aromatic rings. The van der Waals surface area contributed by atoms with Crippen molar-refractivity contribution in [2.75, 3.05) is 18.5 Å². The molecule has 40 heavy (non-hydrogen) atoms. The van der Waals surface area contributed by atoms with Gasteiger partial charge in [-0.15, -0.1) is 0 Å². The van der Waals surface area contributed by atoms with Crippen LogP contribution in [0.5, 0.6) is 0 Å². The maximum Gasteiger partial charge on any atom is 0.319 e. The number of para-hydroxylation sites is 1. The third-order valence-electron chi connectivity index (χ3n) is 6.23. The summed E-state index contributed by atoms with van der Waals surface area (Å²) < 4.78 is 0. The van der Waals surface area contributed by atoms with Gasteiger partial charge in [-0.25, -0.2) is 4.79 Å². The Morgan fingerprint density at radius 2 is 1.75 bits per heavy atom. The van der Waals surface area contributed by atoms with Crippen molar-refractivity contribution in [3.8, 4) is 11.1 Å². The van der Waals surface area contributed by atoms with Crippen LogP contribution in [0.25, 0.3) is 11.1 Å². The van der Waals surface area contributed by atoms with Crippen molar-refractivity contribution in [1.82, 2.24) is 15.5 Å². The van der Waals surface area contributed by atoms with E-state index in [1.54, 1.807) is 18.7 Å². The predicted molar refractivity (Wildman–Crippen MR) is 157 cm³/mol. The SMILES string of the molecule is CC(C)(N)CC(=O)N[C@@H]1Sc2ccccc2CN(Cc2ccc(-c3ccccc3NC(=O)NCCO)cc2)C1=O. The first-order chi connectivity index (χ1) is 19.1. The molecule has 1 aliphatic heterocycles. The van der Waals surface area contributed by atoms with Crippen LogP contribution in [-0.2, 0) is 22.7 Å². The Labute approximate surface area is 238 Å². The first kappa shape index (κ1) is 29.1. The molecular weight excluding hydrogens is 526 g/mol. The Morgan fingerprint density at radius 1 is 1.05 bits per heavy atom. The van der Waals surface area contributed by atoms with Crippen LogP contribution in [0.1, 0.15) is 31.4 Å². The van der Waals surface area contributed by atoms with Crippen molar-refractivity contribution in [2.45, 2.75) is 49.2 Å². The monoisotopic (exact) mass is 561 g/mol. The number of amides is 4. The molecule has 3 aromatic carbocycles. The van der Waals surface area contributed by atoms with Crippen molar-refractivity contribution in [1.29, 1.82) is 0 Å². The highest BCUT2D eigenvalue weighted by molar-refractivity contribution is 8.00. The second kappa shape index (κ2) is 13.0. The van der Waals surface area contributed by atoms with E-state index in [1.807, 2.05) is 72.8 Å². The van der Waals surface area contributed by atoms with Gasteiger partial charge in [-0.2, -0.15) is 0 Å². The summed E-state index contributed by atoms with van der Waals surface area (Å²) in [5.41, 5.74) is 9.68. The van der Waals surface area contributed by atoms with E-state index in [0.717, 1.165) is 27.1 Å². The third-order valence-corrected chi connectivity index (χ3v) is 7.44. The van der Waals surface area contributed by atoms with Crippen LogP contribution in [-0.4, -0.2) is 51.9 Å². The van der Waals surface area contributed by atoms with E-state index in [4.69, 9.17) is 10.8 Å². The molecule has 210 valence electrons. The van der Waals surface area contributed by atoms with Gasteiger partial charge in [-0.1, -0.05) is 72.4 Å². The number of hydrogen-bond donors (Lipinski definition) is 5. The zero-order chi connectivity index (χ0) is 28.7. The molecule has 4 rings (SSSR count). The van der Waals surface area contributed by atoms with E-state index in [9.17, 15) is 14.4 Å². The lowest BCUT2D eigenvalue weighted by atomic mass is 10.0. The molecule has 6 N–H and O–H groups in total. The maximum absolute atomic E-state index is 13.6. The minimum Gasteiger partial charge on any atom is -0.395 e. The summed E-state index contributed by atoms with van der Waals surface area (Å²) in [5, 5.41) is 16.5. The lowest BCUT2D eigenvalue weighted by Crippen LogP contribution is -2.47. The van der Waals surface area contributed by atoms with E-state index in [0.29, 0.717) is 18.8 Å². The molecule has 1 heterocycles. The zero-order valence-corrected chi connectivity index (χ0v) is 23.5. The number of aliphatic hydroxyl groups excluding tert-OH is 1. The van der Waals surface area contributed by atoms with Crippen LogP contribution < -0.4 is 21.7 Å². The summed E-state index contributed by atoms with van der Waals surface area (Å²) in [7, 11) is 0. The van der Waals surface area contributed by atoms with E-state index in [1.165, 1.54) is 11.8 Å². The number of carbonyl (C=O) groups excluding carboxylic acids is 3. The summed E-state index contributed by atoms with van der Waals surface area (Å²) in [6.45, 7) is 4.37. The molecule has 0 saturated heterocycles. The highest BCUT2D eigenvalue weighted by Gasteiger charge is 2.32. The lowest BCUT2D eigenvalue weighted by Gasteiger charge is -2.26. The summed E-state index contributed by atoms with van der Waals surface area (Å²) in [6, 6.07) is 22.7. The molecule has 0 fully saturated rings. The van der Waals surface area contributed by atoms with Crippen LogP contribution >= 0.6 is 11.8 Å². The molecule has 10 heteroatoms. The van der Waals surface area contributed by atoms with Crippen LogP contribution in [0.15, 0.2) is 77.7 Å². The van der Waals surface area contributed by atoms with Crippen LogP contribution in [0.2, 0.25) is 0 Å². The minimum atomic E-state index is -0.757. The second-order valence-corrected chi connectivity index (χ2v) is 11.5. The van der Waals surface area contributed by atoms with Crippen molar-refractivity contribution in [2.24, 2.45) is 5.73 Å². The van der Waals surface area contributed by atoms with Crippen molar-refractivity contribution in [3.05, 3.63) is 83.9 Å². The molecule has 4 amide bonds. The van der Waals surface area contributed by atoms with Gasteiger partial charge in [0.1, 0.15) is 0 Å². The Balaban J connectivity index is 1.52. The Bertz CT molecular complexity index is 1360. The number of carbonyl (C=O) groups is 3. The minimum absolute atomic E-state index is 0.111. The Morgan fingerprint density at radius 3 is 2.48 bits per heavy atom. The number of anilines is 1. The number of nitrogens with zero attached hydrogens (tertiary/aromatic N) is 1. The van der Waals surface area contributed by atoms with Gasteiger partial charge < -0.3 is 31.7 Å². The molecule has 0 spiro atoms. The predicted octanol–water partition coefficient (Wildman–Crippen LogP) is 3.67. The number of aliphatic hydroxyl groups is 1. The summed E-state index contributed by atoms with van der Waals surface area (Å²) in [5.74, 6) is -0.434. The largest absolute Gasteiger partial charge is 0.395 e. The maximum atomic E-state index is 13.6. The fourth-order valence-corrected chi connectivity index (χ4v) is 5.54. The molecule has 9 nitrogen and oxygen atoms in total. The highest BCUT2D eigenvalue weighted by Crippen LogP contribution is 2.33. The van der Waals surface area contributed by atoms with Gasteiger partial charge in [0.05, 0.1) is 12.3 Å². The quantitative estimate of drug-likeness (QED) is 0.270. The molecule has 0 radical (unpaired) electrons. The molecule has 1 atom stereocenters. The molecule has 0 unspecified atom stereocenters. The van der Waals surface area contributed by atoms with Gasteiger partial charge in [-0.05, 0) is 42.7 Å². The van der Waals surface area contributed by atoms with Crippen molar-refractivity contribution in [3.63, 3.8) is 0 Å². The van der Waals surface area contributed by atoms with E-state index >= 15 is 0 Å². The van der Waals surface area contributed by atoms with Gasteiger partial charge in [0.15, 0.2) is 5.37 Å². The average molecular weight is 562 g/mol. The normalized spacial score (nSPS) is 15.2. The number of thioether (sulfide) groups is 1. The number of rotatable bonds is 9. The number of nitrogens with one attached hydrogen (secondary N) is 3. The molecule has 0 saturated carbocycles. The number of benzene rings is 3. The van der Waals surface area contributed by atoms with Gasteiger partial charge in [0.25, 0.3) is 5.91 Å². The topological polar surface area (TPSA) is 137 Å². The fraction of sp³-hybridized carbons (Fsp3) is 0.300. The highest BCUT2D eigenvalue weighted by atomic mass is 32.2. The van der Waals surface area contributed by atoms with Gasteiger partial charge in [-0.3, -0.25) is 9.59 Å². The first-order valence-corrected chi connectivity index (χ1v) is 14.0. The van der Waals surface area contributed by atoms with Crippen molar-refractivity contribution >= 4 is 35.3 Å². The molecule has 0 aromatic heterocycles. The number of fused-ring (bicyclic) bond motifs is 1. The van der Waals surface area contributed by atoms with E-state index < -0.39 is 16.9 Å². The molecule has 1 aliphatic rings. The van der Waals surface area contributed by atoms with Crippen LogP contribution in [0.4, 0.5) is 10.5 Å². The van der Waals surface area contributed by atoms with E-state index in [2.05, 4.69) is 16.0 Å². The summed E-state index contributed by atoms with van der Waals surface area (Å²) in [4.78, 5) is 41.1. The number of hydrogen-bond acceptors (Lipinski definition) is 6. The van der Waals surface area contributed by atoms with E-state index in [-0.39, 0.29) is 31.4 Å². The molecule has 0 bridgehead atoms. The smallest absolute Gasteiger partial charge is 0.319 e.